The number of ether oxygens (including phenoxy) is 1. The number of hydrogen-bond acceptors (Lipinski definition) is 4. The second-order valence-corrected chi connectivity index (χ2v) is 7.10. The predicted molar refractivity (Wildman–Crippen MR) is 102 cm³/mol. The van der Waals surface area contributed by atoms with Crippen LogP contribution in [0.2, 0.25) is 0 Å². The molecule has 3 amide bonds. The lowest BCUT2D eigenvalue weighted by Gasteiger charge is -2.34. The van der Waals surface area contributed by atoms with Crippen LogP contribution in [0.4, 0.5) is 4.79 Å². The lowest BCUT2D eigenvalue weighted by molar-refractivity contribution is 0.0669. The maximum Gasteiger partial charge on any atom is 0.317 e. The minimum Gasteiger partial charge on any atom is -0.492 e. The summed E-state index contributed by atoms with van der Waals surface area (Å²) in [6, 6.07) is 11.4. The van der Waals surface area contributed by atoms with Gasteiger partial charge in [-0.2, -0.15) is 0 Å². The molecule has 1 aliphatic heterocycles. The molecule has 138 valence electrons. The topological polar surface area (TPSA) is 61.9 Å². The third-order valence-electron chi connectivity index (χ3n) is 4.22. The second-order valence-electron chi connectivity index (χ2n) is 6.15. The van der Waals surface area contributed by atoms with E-state index in [2.05, 4.69) is 5.32 Å². The number of nitrogens with zero attached hydrogens (tertiary/aromatic N) is 2. The van der Waals surface area contributed by atoms with Crippen molar-refractivity contribution in [1.82, 2.24) is 15.1 Å². The molecule has 6 nitrogen and oxygen atoms in total. The van der Waals surface area contributed by atoms with Gasteiger partial charge in [0, 0.05) is 26.2 Å². The number of carbonyl (C=O) groups is 2. The van der Waals surface area contributed by atoms with E-state index in [4.69, 9.17) is 4.74 Å². The Kier molecular flexibility index (Phi) is 6.12. The minimum atomic E-state index is -0.110. The van der Waals surface area contributed by atoms with Crippen molar-refractivity contribution in [3.63, 3.8) is 0 Å². The normalized spacial score (nSPS) is 14.2. The Bertz CT molecular complexity index is 740. The van der Waals surface area contributed by atoms with Crippen LogP contribution in [-0.2, 0) is 0 Å². The van der Waals surface area contributed by atoms with Crippen LogP contribution in [0.3, 0.4) is 0 Å². The van der Waals surface area contributed by atoms with Gasteiger partial charge in [-0.15, -0.1) is 11.3 Å². The molecule has 1 aromatic carbocycles. The van der Waals surface area contributed by atoms with Crippen LogP contribution in [0.15, 0.2) is 41.8 Å². The van der Waals surface area contributed by atoms with Gasteiger partial charge in [0.15, 0.2) is 0 Å². The maximum absolute atomic E-state index is 12.3. The summed E-state index contributed by atoms with van der Waals surface area (Å²) in [7, 11) is 0. The fourth-order valence-electron chi connectivity index (χ4n) is 2.81. The molecule has 0 atom stereocenters. The zero-order valence-electron chi connectivity index (χ0n) is 14.8. The molecule has 1 aliphatic rings. The van der Waals surface area contributed by atoms with Crippen molar-refractivity contribution in [2.75, 3.05) is 39.3 Å². The first-order valence-corrected chi connectivity index (χ1v) is 9.56. The number of thiophene rings is 1. The van der Waals surface area contributed by atoms with E-state index in [1.165, 1.54) is 11.3 Å². The molecule has 1 saturated heterocycles. The Labute approximate surface area is 157 Å². The Hall–Kier alpha value is -2.54. The van der Waals surface area contributed by atoms with Crippen molar-refractivity contribution in [2.45, 2.75) is 6.92 Å². The average Bonchev–Trinajstić information content (AvgIpc) is 3.19. The standard InChI is InChI=1S/C19H23N3O3S/c1-15-4-2-5-16(14-15)25-12-7-20-19(24)22-10-8-21(9-11-22)18(23)17-6-3-13-26-17/h2-6,13-14H,7-12H2,1H3,(H,20,24). The fraction of sp³-hybridized carbons (Fsp3) is 0.368. The lowest BCUT2D eigenvalue weighted by atomic mass is 10.2. The highest BCUT2D eigenvalue weighted by Crippen LogP contribution is 2.14. The van der Waals surface area contributed by atoms with Gasteiger partial charge in [0.05, 0.1) is 11.4 Å². The number of benzene rings is 1. The van der Waals surface area contributed by atoms with Crippen molar-refractivity contribution in [1.29, 1.82) is 0 Å². The van der Waals surface area contributed by atoms with E-state index in [0.717, 1.165) is 16.2 Å². The molecule has 1 fully saturated rings. The molecule has 2 aromatic rings. The van der Waals surface area contributed by atoms with Gasteiger partial charge in [0.1, 0.15) is 12.4 Å². The number of carbonyl (C=O) groups excluding carboxylic acids is 2. The third kappa shape index (κ3) is 4.76. The molecule has 0 radical (unpaired) electrons. The molecular weight excluding hydrogens is 350 g/mol. The van der Waals surface area contributed by atoms with Crippen LogP contribution in [0.25, 0.3) is 0 Å². The predicted octanol–water partition coefficient (Wildman–Crippen LogP) is 2.60. The van der Waals surface area contributed by atoms with E-state index in [-0.39, 0.29) is 11.9 Å². The van der Waals surface area contributed by atoms with Crippen molar-refractivity contribution in [2.24, 2.45) is 0 Å². The number of aryl methyl sites for hydroxylation is 1. The molecule has 0 unspecified atom stereocenters. The van der Waals surface area contributed by atoms with Crippen molar-refractivity contribution >= 4 is 23.3 Å². The summed E-state index contributed by atoms with van der Waals surface area (Å²) < 4.78 is 5.63. The van der Waals surface area contributed by atoms with E-state index < -0.39 is 0 Å². The highest BCUT2D eigenvalue weighted by molar-refractivity contribution is 7.12. The van der Waals surface area contributed by atoms with E-state index in [0.29, 0.717) is 39.3 Å². The van der Waals surface area contributed by atoms with Crippen LogP contribution in [0.1, 0.15) is 15.2 Å². The van der Waals surface area contributed by atoms with Gasteiger partial charge in [-0.05, 0) is 36.1 Å². The minimum absolute atomic E-state index is 0.0478. The molecule has 0 bridgehead atoms. The quantitative estimate of drug-likeness (QED) is 0.820. The van der Waals surface area contributed by atoms with Gasteiger partial charge in [-0.1, -0.05) is 18.2 Å². The Balaban J connectivity index is 1.36. The Morgan fingerprint density at radius 2 is 1.88 bits per heavy atom. The van der Waals surface area contributed by atoms with Crippen LogP contribution < -0.4 is 10.1 Å². The summed E-state index contributed by atoms with van der Waals surface area (Å²) in [6.45, 7) is 5.09. The van der Waals surface area contributed by atoms with Crippen LogP contribution in [-0.4, -0.2) is 61.1 Å². The van der Waals surface area contributed by atoms with Gasteiger partial charge in [-0.3, -0.25) is 4.79 Å². The highest BCUT2D eigenvalue weighted by Gasteiger charge is 2.25. The smallest absolute Gasteiger partial charge is 0.317 e. The summed E-state index contributed by atoms with van der Waals surface area (Å²) in [5.41, 5.74) is 1.14. The molecule has 3 rings (SSSR count). The largest absolute Gasteiger partial charge is 0.492 e. The zero-order chi connectivity index (χ0) is 18.4. The molecule has 26 heavy (non-hydrogen) atoms. The molecular formula is C19H23N3O3S. The maximum atomic E-state index is 12.3. The molecule has 1 aromatic heterocycles. The van der Waals surface area contributed by atoms with Crippen LogP contribution >= 0.6 is 11.3 Å². The molecule has 1 N–H and O–H groups in total. The number of amides is 3. The van der Waals surface area contributed by atoms with Gasteiger partial charge in [0.2, 0.25) is 0 Å². The Morgan fingerprint density at radius 1 is 1.12 bits per heavy atom. The first-order valence-electron chi connectivity index (χ1n) is 8.68. The molecule has 0 saturated carbocycles. The van der Waals surface area contributed by atoms with Crippen LogP contribution in [0, 0.1) is 6.92 Å². The SMILES string of the molecule is Cc1cccc(OCCNC(=O)N2CCN(C(=O)c3cccs3)CC2)c1. The molecule has 2 heterocycles. The zero-order valence-corrected chi connectivity index (χ0v) is 15.6. The third-order valence-corrected chi connectivity index (χ3v) is 5.08. The molecule has 0 aliphatic carbocycles. The number of nitrogens with one attached hydrogen (secondary N) is 1. The number of rotatable bonds is 5. The van der Waals surface area contributed by atoms with Crippen LogP contribution in [0.5, 0.6) is 5.75 Å². The van der Waals surface area contributed by atoms with E-state index in [1.54, 1.807) is 9.80 Å². The molecule has 7 heteroatoms. The first kappa shape index (κ1) is 18.3. The van der Waals surface area contributed by atoms with Gasteiger partial charge in [-0.25, -0.2) is 4.79 Å². The summed E-state index contributed by atoms with van der Waals surface area (Å²) in [5.74, 6) is 0.853. The van der Waals surface area contributed by atoms with Gasteiger partial charge >= 0.3 is 6.03 Å². The highest BCUT2D eigenvalue weighted by atomic mass is 32.1. The van der Waals surface area contributed by atoms with E-state index in [1.807, 2.05) is 48.7 Å². The molecule has 0 spiro atoms. The second kappa shape index (κ2) is 8.71. The lowest BCUT2D eigenvalue weighted by Crippen LogP contribution is -2.53. The van der Waals surface area contributed by atoms with Gasteiger partial charge < -0.3 is 19.9 Å². The number of hydrogen-bond donors (Lipinski definition) is 1. The fourth-order valence-corrected chi connectivity index (χ4v) is 3.50. The summed E-state index contributed by atoms with van der Waals surface area (Å²) >= 11 is 1.45. The summed E-state index contributed by atoms with van der Waals surface area (Å²) in [6.07, 6.45) is 0. The van der Waals surface area contributed by atoms with E-state index in [9.17, 15) is 9.59 Å². The van der Waals surface area contributed by atoms with E-state index >= 15 is 0 Å². The number of urea groups is 1. The Morgan fingerprint density at radius 3 is 2.58 bits per heavy atom. The first-order chi connectivity index (χ1) is 12.6. The van der Waals surface area contributed by atoms with Gasteiger partial charge in [0.25, 0.3) is 5.91 Å². The van der Waals surface area contributed by atoms with Crippen molar-refractivity contribution < 1.29 is 14.3 Å². The number of piperazine rings is 1. The summed E-state index contributed by atoms with van der Waals surface area (Å²) in [4.78, 5) is 28.8. The van der Waals surface area contributed by atoms with Crippen molar-refractivity contribution in [3.05, 3.63) is 52.2 Å². The average molecular weight is 373 g/mol. The van der Waals surface area contributed by atoms with Crippen molar-refractivity contribution in [3.8, 4) is 5.75 Å². The monoisotopic (exact) mass is 373 g/mol. The summed E-state index contributed by atoms with van der Waals surface area (Å²) in [5, 5.41) is 4.77.